The van der Waals surface area contributed by atoms with Gasteiger partial charge in [0.05, 0.1) is 15.6 Å². The molecule has 0 saturated carbocycles. The summed E-state index contributed by atoms with van der Waals surface area (Å²) in [5.74, 6) is 0.559. The molecule has 0 radical (unpaired) electrons. The molecule has 1 aromatic carbocycles. The molecule has 0 bridgehead atoms. The van der Waals surface area contributed by atoms with Crippen molar-refractivity contribution in [2.24, 2.45) is 0 Å². The molecule has 4 nitrogen and oxygen atoms in total. The Bertz CT molecular complexity index is 414. The zero-order chi connectivity index (χ0) is 15.0. The molecule has 1 N–H and O–H groups in total. The van der Waals surface area contributed by atoms with E-state index in [-0.39, 0.29) is 13.2 Å². The smallest absolute Gasteiger partial charge is 0.150 e. The van der Waals surface area contributed by atoms with Gasteiger partial charge in [-0.2, -0.15) is 0 Å². The van der Waals surface area contributed by atoms with Gasteiger partial charge in [-0.1, -0.05) is 13.3 Å². The lowest BCUT2D eigenvalue weighted by Crippen LogP contribution is -2.24. The minimum atomic E-state index is -0.684. The van der Waals surface area contributed by atoms with Crippen LogP contribution < -0.4 is 4.74 Å². The number of carbonyl (C=O) groups excluding carboxylic acids is 1. The van der Waals surface area contributed by atoms with Gasteiger partial charge in [0.1, 0.15) is 24.7 Å². The van der Waals surface area contributed by atoms with E-state index in [4.69, 9.17) is 9.47 Å². The van der Waals surface area contributed by atoms with E-state index in [2.05, 4.69) is 38.8 Å². The Balaban J connectivity index is 2.47. The summed E-state index contributed by atoms with van der Waals surface area (Å²) in [5, 5.41) is 9.76. The predicted molar refractivity (Wildman–Crippen MR) is 84.5 cm³/mol. The molecule has 1 atom stereocenters. The van der Waals surface area contributed by atoms with Crippen LogP contribution in [0.3, 0.4) is 0 Å². The number of aliphatic hydroxyl groups is 1. The van der Waals surface area contributed by atoms with Gasteiger partial charge in [-0.25, -0.2) is 0 Å². The summed E-state index contributed by atoms with van der Waals surface area (Å²) in [4.78, 5) is 10.7. The highest BCUT2D eigenvalue weighted by Crippen LogP contribution is 2.34. The molecule has 0 aliphatic rings. The van der Waals surface area contributed by atoms with E-state index < -0.39 is 6.10 Å². The second-order valence-corrected chi connectivity index (χ2v) is 6.03. The van der Waals surface area contributed by atoms with Crippen LogP contribution in [0.25, 0.3) is 0 Å². The summed E-state index contributed by atoms with van der Waals surface area (Å²) >= 11 is 6.67. The summed E-state index contributed by atoms with van der Waals surface area (Å²) in [7, 11) is 0. The third-order valence-electron chi connectivity index (χ3n) is 2.53. The van der Waals surface area contributed by atoms with Crippen molar-refractivity contribution in [1.29, 1.82) is 0 Å². The first-order valence-electron chi connectivity index (χ1n) is 6.41. The van der Waals surface area contributed by atoms with Crippen LogP contribution in [0.15, 0.2) is 21.1 Å². The van der Waals surface area contributed by atoms with Crippen molar-refractivity contribution in [3.05, 3.63) is 26.6 Å². The third-order valence-corrected chi connectivity index (χ3v) is 3.71. The van der Waals surface area contributed by atoms with Crippen LogP contribution >= 0.6 is 31.9 Å². The van der Waals surface area contributed by atoms with Gasteiger partial charge in [0.2, 0.25) is 0 Å². The van der Waals surface area contributed by atoms with Gasteiger partial charge in [0.25, 0.3) is 0 Å². The van der Waals surface area contributed by atoms with Gasteiger partial charge in [-0.15, -0.1) is 0 Å². The van der Waals surface area contributed by atoms with E-state index in [9.17, 15) is 9.90 Å². The third kappa shape index (κ3) is 5.91. The van der Waals surface area contributed by atoms with Crippen LogP contribution in [0.1, 0.15) is 30.1 Å². The highest BCUT2D eigenvalue weighted by atomic mass is 79.9. The summed E-state index contributed by atoms with van der Waals surface area (Å²) in [5.41, 5.74) is 0.541. The Kier molecular flexibility index (Phi) is 8.37. The number of unbranched alkanes of at least 4 members (excludes halogenated alkanes) is 1. The summed E-state index contributed by atoms with van der Waals surface area (Å²) in [6.45, 7) is 3.11. The zero-order valence-corrected chi connectivity index (χ0v) is 14.4. The molecule has 0 amide bonds. The molecule has 112 valence electrons. The molecule has 0 aliphatic heterocycles. The van der Waals surface area contributed by atoms with E-state index >= 15 is 0 Å². The van der Waals surface area contributed by atoms with Gasteiger partial charge in [0.15, 0.2) is 0 Å². The minimum absolute atomic E-state index is 0.129. The predicted octanol–water partition coefficient (Wildman–Crippen LogP) is 3.58. The molecule has 6 heteroatoms. The Labute approximate surface area is 135 Å². The van der Waals surface area contributed by atoms with E-state index in [1.807, 2.05) is 0 Å². The van der Waals surface area contributed by atoms with E-state index in [1.54, 1.807) is 12.1 Å². The molecule has 0 aliphatic carbocycles. The van der Waals surface area contributed by atoms with Crippen molar-refractivity contribution < 1.29 is 19.4 Å². The molecule has 1 aromatic rings. The first-order valence-corrected chi connectivity index (χ1v) is 7.99. The average Bonchev–Trinajstić information content (AvgIpc) is 2.42. The summed E-state index contributed by atoms with van der Waals surface area (Å²) < 4.78 is 12.2. The number of hydrogen-bond donors (Lipinski definition) is 1. The van der Waals surface area contributed by atoms with Crippen molar-refractivity contribution in [1.82, 2.24) is 0 Å². The van der Waals surface area contributed by atoms with E-state index in [1.165, 1.54) is 0 Å². The van der Waals surface area contributed by atoms with Crippen molar-refractivity contribution in [2.75, 3.05) is 19.8 Å². The van der Waals surface area contributed by atoms with Crippen molar-refractivity contribution >= 4 is 38.1 Å². The van der Waals surface area contributed by atoms with Gasteiger partial charge >= 0.3 is 0 Å². The van der Waals surface area contributed by atoms with Crippen LogP contribution in [-0.4, -0.2) is 37.3 Å². The van der Waals surface area contributed by atoms with Gasteiger partial charge in [-0.3, -0.25) is 4.79 Å². The second kappa shape index (κ2) is 9.50. The number of ether oxygens (including phenoxy) is 2. The number of hydrogen-bond acceptors (Lipinski definition) is 4. The fourth-order valence-corrected chi connectivity index (χ4v) is 2.93. The van der Waals surface area contributed by atoms with Crippen LogP contribution in [-0.2, 0) is 4.74 Å². The molecule has 0 aromatic heterocycles. The topological polar surface area (TPSA) is 55.8 Å². The molecule has 1 rings (SSSR count). The maximum atomic E-state index is 10.7. The molecule has 0 saturated heterocycles. The number of rotatable bonds is 9. The molecular formula is C14H18Br2O4. The number of aldehydes is 1. The largest absolute Gasteiger partial charge is 0.488 e. The fraction of sp³-hybridized carbons (Fsp3) is 0.500. The normalized spacial score (nSPS) is 12.2. The number of carbonyl (C=O) groups is 1. The maximum Gasteiger partial charge on any atom is 0.150 e. The van der Waals surface area contributed by atoms with Crippen LogP contribution in [0.2, 0.25) is 0 Å². The molecule has 0 spiro atoms. The second-order valence-electron chi connectivity index (χ2n) is 4.32. The first kappa shape index (κ1) is 17.6. The highest BCUT2D eigenvalue weighted by Gasteiger charge is 2.12. The van der Waals surface area contributed by atoms with Crippen molar-refractivity contribution in [3.8, 4) is 5.75 Å². The lowest BCUT2D eigenvalue weighted by Gasteiger charge is -2.15. The Hall–Kier alpha value is -0.430. The molecule has 1 unspecified atom stereocenters. The highest BCUT2D eigenvalue weighted by molar-refractivity contribution is 9.11. The standard InChI is InChI=1S/C14H18Br2O4/c1-2-3-4-19-8-11(18)9-20-14-12(15)5-10(7-17)6-13(14)16/h5-7,11,18H,2-4,8-9H2,1H3. The van der Waals surface area contributed by atoms with Crippen LogP contribution in [0.4, 0.5) is 0 Å². The zero-order valence-electron chi connectivity index (χ0n) is 11.3. The van der Waals surface area contributed by atoms with E-state index in [0.717, 1.165) is 19.1 Å². The molecule has 0 heterocycles. The lowest BCUT2D eigenvalue weighted by atomic mass is 10.2. The Morgan fingerprint density at radius 1 is 1.30 bits per heavy atom. The quantitative estimate of drug-likeness (QED) is 0.500. The van der Waals surface area contributed by atoms with Crippen molar-refractivity contribution in [3.63, 3.8) is 0 Å². The van der Waals surface area contributed by atoms with Gasteiger partial charge < -0.3 is 14.6 Å². The SMILES string of the molecule is CCCCOCC(O)COc1c(Br)cc(C=O)cc1Br. The molecular weight excluding hydrogens is 392 g/mol. The minimum Gasteiger partial charge on any atom is -0.488 e. The van der Waals surface area contributed by atoms with Gasteiger partial charge in [-0.05, 0) is 50.4 Å². The van der Waals surface area contributed by atoms with E-state index in [0.29, 0.717) is 26.9 Å². The summed E-state index contributed by atoms with van der Waals surface area (Å²) in [6, 6.07) is 3.33. The van der Waals surface area contributed by atoms with Crippen LogP contribution in [0.5, 0.6) is 5.75 Å². The average molecular weight is 410 g/mol. The number of benzene rings is 1. The van der Waals surface area contributed by atoms with Crippen molar-refractivity contribution in [2.45, 2.75) is 25.9 Å². The van der Waals surface area contributed by atoms with Crippen LogP contribution in [0, 0.1) is 0 Å². The first-order chi connectivity index (χ1) is 9.58. The monoisotopic (exact) mass is 408 g/mol. The number of halogens is 2. The molecule has 20 heavy (non-hydrogen) atoms. The molecule has 0 fully saturated rings. The fourth-order valence-electron chi connectivity index (χ4n) is 1.48. The Morgan fingerprint density at radius 3 is 2.50 bits per heavy atom. The number of aliphatic hydroxyl groups excluding tert-OH is 1. The maximum absolute atomic E-state index is 10.7. The lowest BCUT2D eigenvalue weighted by molar-refractivity contribution is 0.0110. The Morgan fingerprint density at radius 2 is 1.95 bits per heavy atom. The van der Waals surface area contributed by atoms with Gasteiger partial charge in [0, 0.05) is 12.2 Å². The summed E-state index contributed by atoms with van der Waals surface area (Å²) in [6.07, 6.45) is 2.12.